The van der Waals surface area contributed by atoms with Crippen molar-refractivity contribution in [3.8, 4) is 0 Å². The Balaban J connectivity index is 0. The van der Waals surface area contributed by atoms with Gasteiger partial charge >= 0.3 is 23.1 Å². The molecule has 0 spiro atoms. The standard InChI is InChI=1S/C18H35O4Si.BrH.Mg/c1-7-16(19)18-14(2)8-9-17(22-18)15(3)12-21-13-20-10-11-23(4,5)6;;/h8-9,14-18H,7,10-13H2,1-6H3;1H;/q-1;;+2/p-1/t14-,15-,16?,17+,18+;;/m0../s1. The molecule has 0 bridgehead atoms. The maximum atomic E-state index is 12.0. The summed E-state index contributed by atoms with van der Waals surface area (Å²) in [4.78, 5) is 0. The van der Waals surface area contributed by atoms with Crippen LogP contribution in [0.1, 0.15) is 27.2 Å². The molecule has 4 nitrogen and oxygen atoms in total. The van der Waals surface area contributed by atoms with Gasteiger partial charge in [0.1, 0.15) is 6.79 Å². The van der Waals surface area contributed by atoms with Crippen molar-refractivity contribution >= 4 is 31.1 Å². The topological polar surface area (TPSA) is 50.8 Å². The molecule has 0 N–H and O–H groups in total. The van der Waals surface area contributed by atoms with Gasteiger partial charge in [-0.3, -0.25) is 0 Å². The van der Waals surface area contributed by atoms with Crippen LogP contribution >= 0.6 is 0 Å². The number of hydrogen-bond donors (Lipinski definition) is 0. The van der Waals surface area contributed by atoms with Crippen molar-refractivity contribution in [2.45, 2.75) is 71.2 Å². The van der Waals surface area contributed by atoms with E-state index in [1.54, 1.807) is 0 Å². The summed E-state index contributed by atoms with van der Waals surface area (Å²) in [5.41, 5.74) is 0. The summed E-state index contributed by atoms with van der Waals surface area (Å²) in [6, 6.07) is 1.15. The van der Waals surface area contributed by atoms with Crippen LogP contribution in [0.2, 0.25) is 25.7 Å². The van der Waals surface area contributed by atoms with E-state index >= 15 is 0 Å². The molecule has 5 atom stereocenters. The molecule has 0 aliphatic carbocycles. The average molecular weight is 448 g/mol. The summed E-state index contributed by atoms with van der Waals surface area (Å²) >= 11 is 0. The van der Waals surface area contributed by atoms with Gasteiger partial charge in [-0.05, 0) is 12.0 Å². The third-order valence-corrected chi connectivity index (χ3v) is 6.01. The van der Waals surface area contributed by atoms with Crippen LogP contribution in [0, 0.1) is 11.8 Å². The molecular formula is C18H35BrMgO4Si. The molecule has 1 unspecified atom stereocenters. The molecule has 0 saturated heterocycles. The molecule has 25 heavy (non-hydrogen) atoms. The summed E-state index contributed by atoms with van der Waals surface area (Å²) < 4.78 is 17.2. The van der Waals surface area contributed by atoms with Crippen LogP contribution in [0.5, 0.6) is 0 Å². The van der Waals surface area contributed by atoms with E-state index in [1.165, 1.54) is 0 Å². The van der Waals surface area contributed by atoms with Gasteiger partial charge in [0.25, 0.3) is 0 Å². The van der Waals surface area contributed by atoms with E-state index in [1.807, 2.05) is 13.8 Å². The smallest absolute Gasteiger partial charge is 1.00 e. The van der Waals surface area contributed by atoms with E-state index < -0.39 is 14.2 Å². The monoisotopic (exact) mass is 446 g/mol. The molecule has 0 aromatic carbocycles. The van der Waals surface area contributed by atoms with Crippen molar-refractivity contribution in [1.29, 1.82) is 0 Å². The zero-order chi connectivity index (χ0) is 17.5. The van der Waals surface area contributed by atoms with Gasteiger partial charge in [0.05, 0.1) is 18.8 Å². The largest absolute Gasteiger partial charge is 2.00 e. The molecule has 1 aliphatic rings. The summed E-state index contributed by atoms with van der Waals surface area (Å²) in [7, 11) is -1.03. The first-order valence-corrected chi connectivity index (χ1v) is 12.6. The molecule has 0 aromatic heterocycles. The van der Waals surface area contributed by atoms with E-state index in [-0.39, 0.29) is 64.1 Å². The Labute approximate surface area is 182 Å². The quantitative estimate of drug-likeness (QED) is 0.199. The van der Waals surface area contributed by atoms with Crippen LogP contribution in [-0.2, 0) is 14.2 Å². The number of rotatable bonds is 10. The van der Waals surface area contributed by atoms with Gasteiger partial charge in [-0.25, -0.2) is 0 Å². The molecule has 144 valence electrons. The number of ether oxygens (including phenoxy) is 3. The average Bonchev–Trinajstić information content (AvgIpc) is 2.49. The van der Waals surface area contributed by atoms with E-state index in [0.717, 1.165) is 12.7 Å². The van der Waals surface area contributed by atoms with Gasteiger partial charge in [-0.15, -0.1) is 0 Å². The second-order valence-corrected chi connectivity index (χ2v) is 13.6. The third kappa shape index (κ3) is 11.5. The van der Waals surface area contributed by atoms with E-state index in [0.29, 0.717) is 19.8 Å². The maximum Gasteiger partial charge on any atom is 2.00 e. The molecule has 1 heterocycles. The fourth-order valence-electron chi connectivity index (χ4n) is 2.55. The Morgan fingerprint density at radius 1 is 1.20 bits per heavy atom. The van der Waals surface area contributed by atoms with Crippen LogP contribution < -0.4 is 22.1 Å². The normalized spacial score (nSPS) is 25.6. The molecule has 0 saturated carbocycles. The van der Waals surface area contributed by atoms with Crippen molar-refractivity contribution < 1.29 is 36.3 Å². The second-order valence-electron chi connectivity index (χ2n) is 7.94. The van der Waals surface area contributed by atoms with Crippen LogP contribution in [-0.4, -0.2) is 69.4 Å². The van der Waals surface area contributed by atoms with Crippen molar-refractivity contribution in [3.05, 3.63) is 12.2 Å². The van der Waals surface area contributed by atoms with E-state index in [4.69, 9.17) is 14.2 Å². The third-order valence-electron chi connectivity index (χ3n) is 4.31. The molecule has 0 radical (unpaired) electrons. The predicted octanol–water partition coefficient (Wildman–Crippen LogP) is -0.327. The zero-order valence-electron chi connectivity index (χ0n) is 16.8. The second kappa shape index (κ2) is 14.1. The Hall–Kier alpha value is 1.04. The van der Waals surface area contributed by atoms with Crippen molar-refractivity contribution in [3.63, 3.8) is 0 Å². The number of halogens is 1. The van der Waals surface area contributed by atoms with Gasteiger partial charge in [0.2, 0.25) is 0 Å². The van der Waals surface area contributed by atoms with E-state index in [2.05, 4.69) is 38.7 Å². The van der Waals surface area contributed by atoms with Crippen LogP contribution in [0.25, 0.3) is 0 Å². The summed E-state index contributed by atoms with van der Waals surface area (Å²) in [6.07, 6.45) is 3.86. The Morgan fingerprint density at radius 3 is 2.40 bits per heavy atom. The maximum absolute atomic E-state index is 12.0. The first kappa shape index (κ1) is 28.3. The fraction of sp³-hybridized carbons (Fsp3) is 0.889. The van der Waals surface area contributed by atoms with Crippen molar-refractivity contribution in [1.82, 2.24) is 0 Å². The van der Waals surface area contributed by atoms with Crippen molar-refractivity contribution in [2.24, 2.45) is 11.8 Å². The van der Waals surface area contributed by atoms with Crippen LogP contribution in [0.15, 0.2) is 12.2 Å². The minimum Gasteiger partial charge on any atom is -1.00 e. The molecule has 1 rings (SSSR count). The van der Waals surface area contributed by atoms with Gasteiger partial charge < -0.3 is 36.3 Å². The first-order chi connectivity index (χ1) is 10.7. The Kier molecular flexibility index (Phi) is 15.9. The molecule has 1 aliphatic heterocycles. The predicted molar refractivity (Wildman–Crippen MR) is 101 cm³/mol. The minimum atomic E-state index is -1.03. The van der Waals surface area contributed by atoms with Crippen LogP contribution in [0.4, 0.5) is 0 Å². The Bertz CT molecular complexity index is 365. The SMILES string of the molecule is CCC([O-])[C@@H]1O[C@@H]([C@@H](C)COCOCC[Si](C)(C)C)C=C[C@@H]1C.[Br-].[Mg+2]. The molecule has 7 heteroatoms. The van der Waals surface area contributed by atoms with Gasteiger partial charge in [0.15, 0.2) is 0 Å². The van der Waals surface area contributed by atoms with Gasteiger partial charge in [0, 0.05) is 20.6 Å². The van der Waals surface area contributed by atoms with Crippen molar-refractivity contribution in [2.75, 3.05) is 20.0 Å². The summed E-state index contributed by atoms with van der Waals surface area (Å²) in [6.45, 7) is 14.8. The molecule has 0 amide bonds. The Morgan fingerprint density at radius 2 is 1.84 bits per heavy atom. The molecular weight excluding hydrogens is 412 g/mol. The molecule has 0 fully saturated rings. The van der Waals surface area contributed by atoms with Crippen LogP contribution in [0.3, 0.4) is 0 Å². The zero-order valence-corrected chi connectivity index (χ0v) is 20.8. The fourth-order valence-corrected chi connectivity index (χ4v) is 3.31. The minimum absolute atomic E-state index is 0. The van der Waals surface area contributed by atoms with Gasteiger partial charge in [-0.1, -0.05) is 65.1 Å². The first-order valence-electron chi connectivity index (χ1n) is 8.89. The summed E-state index contributed by atoms with van der Waals surface area (Å²) in [5, 5.41) is 12.0. The van der Waals surface area contributed by atoms with E-state index in [9.17, 15) is 5.11 Å². The number of hydrogen-bond acceptors (Lipinski definition) is 4. The molecule has 0 aromatic rings. The summed E-state index contributed by atoms with van der Waals surface area (Å²) in [5.74, 6) is 0.401. The van der Waals surface area contributed by atoms with Gasteiger partial charge in [-0.2, -0.15) is 0 Å².